The summed E-state index contributed by atoms with van der Waals surface area (Å²) in [5.74, 6) is 0. The smallest absolute Gasteiger partial charge is 0.150 e. The van der Waals surface area contributed by atoms with Gasteiger partial charge in [0.15, 0.2) is 0 Å². The van der Waals surface area contributed by atoms with Crippen LogP contribution in [0, 0.1) is 6.92 Å². The van der Waals surface area contributed by atoms with Crippen molar-refractivity contribution in [3.05, 3.63) is 29.5 Å². The van der Waals surface area contributed by atoms with Gasteiger partial charge in [-0.2, -0.15) is 5.10 Å². The van der Waals surface area contributed by atoms with E-state index in [1.54, 1.807) is 0 Å². The highest BCUT2D eigenvalue weighted by atomic mass is 16.1. The molecule has 1 heterocycles. The number of nitrogens with zero attached hydrogens (tertiary/aromatic N) is 2. The number of fused-ring (bicyclic) bond motifs is 1. The van der Waals surface area contributed by atoms with Gasteiger partial charge in [0.05, 0.1) is 5.52 Å². The maximum absolute atomic E-state index is 10.6. The van der Waals surface area contributed by atoms with E-state index in [-0.39, 0.29) is 0 Å². The highest BCUT2D eigenvalue weighted by Gasteiger charge is 2.09. The Balaban J connectivity index is 2.70. The first-order valence-electron chi connectivity index (χ1n) is 5.07. The fourth-order valence-corrected chi connectivity index (χ4v) is 1.83. The van der Waals surface area contributed by atoms with E-state index in [0.29, 0.717) is 11.6 Å². The molecule has 0 N–H and O–H groups in total. The largest absolute Gasteiger partial charge is 0.298 e. The molecule has 0 saturated heterocycles. The van der Waals surface area contributed by atoms with Crippen LogP contribution in [0.4, 0.5) is 0 Å². The fraction of sp³-hybridized carbons (Fsp3) is 0.333. The lowest BCUT2D eigenvalue weighted by atomic mass is 10.1. The van der Waals surface area contributed by atoms with E-state index < -0.39 is 0 Å². The predicted molar refractivity (Wildman–Crippen MR) is 60.2 cm³/mol. The molecule has 78 valence electrons. The van der Waals surface area contributed by atoms with Crippen molar-refractivity contribution in [1.82, 2.24) is 9.78 Å². The Morgan fingerprint density at radius 1 is 1.40 bits per heavy atom. The zero-order chi connectivity index (χ0) is 11.0. The number of aldehydes is 1. The second kappa shape index (κ2) is 3.50. The van der Waals surface area contributed by atoms with Gasteiger partial charge < -0.3 is 0 Å². The van der Waals surface area contributed by atoms with E-state index in [2.05, 4.69) is 25.9 Å². The topological polar surface area (TPSA) is 34.9 Å². The Morgan fingerprint density at radius 3 is 2.73 bits per heavy atom. The minimum Gasteiger partial charge on any atom is -0.298 e. The second-order valence-electron chi connectivity index (χ2n) is 4.02. The maximum atomic E-state index is 10.6. The monoisotopic (exact) mass is 202 g/mol. The molecule has 1 aromatic carbocycles. The Labute approximate surface area is 88.7 Å². The lowest BCUT2D eigenvalue weighted by molar-refractivity contribution is 0.112. The lowest BCUT2D eigenvalue weighted by Gasteiger charge is -2.06. The Kier molecular flexibility index (Phi) is 2.31. The van der Waals surface area contributed by atoms with Gasteiger partial charge in [0.25, 0.3) is 0 Å². The van der Waals surface area contributed by atoms with Crippen LogP contribution < -0.4 is 0 Å². The molecule has 15 heavy (non-hydrogen) atoms. The number of carbonyl (C=O) groups is 1. The normalized spacial score (nSPS) is 11.2. The Bertz CT molecular complexity index is 512. The van der Waals surface area contributed by atoms with E-state index in [4.69, 9.17) is 0 Å². The van der Waals surface area contributed by atoms with E-state index in [1.165, 1.54) is 0 Å². The molecule has 3 heteroatoms. The third-order valence-electron chi connectivity index (χ3n) is 2.60. The van der Waals surface area contributed by atoms with Crippen LogP contribution in [0.5, 0.6) is 0 Å². The van der Waals surface area contributed by atoms with Crippen LogP contribution in [0.2, 0.25) is 0 Å². The average molecular weight is 202 g/mol. The number of rotatable bonds is 2. The zero-order valence-corrected chi connectivity index (χ0v) is 9.19. The molecule has 1 aromatic heterocycles. The first kappa shape index (κ1) is 9.90. The lowest BCUT2D eigenvalue weighted by Crippen LogP contribution is -2.04. The molecule has 3 nitrogen and oxygen atoms in total. The van der Waals surface area contributed by atoms with Crippen LogP contribution >= 0.6 is 0 Å². The van der Waals surface area contributed by atoms with Crippen LogP contribution in [-0.2, 0) is 0 Å². The van der Waals surface area contributed by atoms with Crippen LogP contribution in [-0.4, -0.2) is 16.1 Å². The van der Waals surface area contributed by atoms with Gasteiger partial charge in [-0.05, 0) is 26.8 Å². The molecule has 2 aromatic rings. The third-order valence-corrected chi connectivity index (χ3v) is 2.60. The Hall–Kier alpha value is -1.64. The van der Waals surface area contributed by atoms with Crippen molar-refractivity contribution in [2.75, 3.05) is 0 Å². The molecule has 0 saturated carbocycles. The van der Waals surface area contributed by atoms with Crippen molar-refractivity contribution in [2.24, 2.45) is 0 Å². The van der Waals surface area contributed by atoms with Crippen molar-refractivity contribution < 1.29 is 4.79 Å². The first-order chi connectivity index (χ1) is 7.13. The van der Waals surface area contributed by atoms with Crippen molar-refractivity contribution in [3.63, 3.8) is 0 Å². The molecule has 0 aliphatic carbocycles. The molecule has 0 bridgehead atoms. The summed E-state index contributed by atoms with van der Waals surface area (Å²) in [7, 11) is 0. The summed E-state index contributed by atoms with van der Waals surface area (Å²) >= 11 is 0. The second-order valence-corrected chi connectivity index (χ2v) is 4.02. The number of carbonyl (C=O) groups excluding carboxylic acids is 1. The van der Waals surface area contributed by atoms with Gasteiger partial charge in [0.2, 0.25) is 0 Å². The van der Waals surface area contributed by atoms with Gasteiger partial charge >= 0.3 is 0 Å². The van der Waals surface area contributed by atoms with Crippen LogP contribution in [0.15, 0.2) is 18.2 Å². The molecular formula is C12H14N2O. The van der Waals surface area contributed by atoms with Gasteiger partial charge in [0, 0.05) is 22.7 Å². The summed E-state index contributed by atoms with van der Waals surface area (Å²) in [5.41, 5.74) is 2.72. The molecule has 0 amide bonds. The van der Waals surface area contributed by atoms with Gasteiger partial charge in [-0.1, -0.05) is 12.1 Å². The van der Waals surface area contributed by atoms with Crippen LogP contribution in [0.25, 0.3) is 10.9 Å². The average Bonchev–Trinajstić information content (AvgIpc) is 2.55. The summed E-state index contributed by atoms with van der Waals surface area (Å²) in [6.07, 6.45) is 0.850. The zero-order valence-electron chi connectivity index (χ0n) is 9.19. The standard InChI is InChI=1S/C12H14N2O/c1-8(2)14-9(3)11-5-4-10(7-15)6-12(11)13-14/h4-8H,1-3H3. The number of aromatic nitrogens is 2. The van der Waals surface area contributed by atoms with Crippen LogP contribution in [0.3, 0.4) is 0 Å². The predicted octanol–water partition coefficient (Wildman–Crippen LogP) is 2.74. The highest BCUT2D eigenvalue weighted by Crippen LogP contribution is 2.21. The number of aryl methyl sites for hydroxylation is 1. The Morgan fingerprint density at radius 2 is 2.13 bits per heavy atom. The summed E-state index contributed by atoms with van der Waals surface area (Å²) in [6.45, 7) is 6.24. The summed E-state index contributed by atoms with van der Waals surface area (Å²) in [5, 5.41) is 5.60. The number of hydrogen-bond acceptors (Lipinski definition) is 2. The van der Waals surface area contributed by atoms with E-state index in [0.717, 1.165) is 22.9 Å². The van der Waals surface area contributed by atoms with Crippen molar-refractivity contribution in [1.29, 1.82) is 0 Å². The van der Waals surface area contributed by atoms with E-state index >= 15 is 0 Å². The maximum Gasteiger partial charge on any atom is 0.150 e. The van der Waals surface area contributed by atoms with Crippen LogP contribution in [0.1, 0.15) is 35.9 Å². The van der Waals surface area contributed by atoms with Crippen molar-refractivity contribution in [3.8, 4) is 0 Å². The van der Waals surface area contributed by atoms with E-state index in [9.17, 15) is 4.79 Å². The van der Waals surface area contributed by atoms with Crippen molar-refractivity contribution in [2.45, 2.75) is 26.8 Å². The molecule has 0 radical (unpaired) electrons. The SMILES string of the molecule is Cc1c2ccc(C=O)cc2nn1C(C)C. The fourth-order valence-electron chi connectivity index (χ4n) is 1.83. The van der Waals surface area contributed by atoms with E-state index in [1.807, 2.05) is 22.9 Å². The van der Waals surface area contributed by atoms with Gasteiger partial charge in [0.1, 0.15) is 6.29 Å². The minimum atomic E-state index is 0.345. The van der Waals surface area contributed by atoms with Gasteiger partial charge in [-0.3, -0.25) is 9.48 Å². The molecule has 0 unspecified atom stereocenters. The first-order valence-corrected chi connectivity index (χ1v) is 5.07. The highest BCUT2D eigenvalue weighted by molar-refractivity contribution is 5.88. The molecule has 0 aliphatic rings. The van der Waals surface area contributed by atoms with Gasteiger partial charge in [-0.25, -0.2) is 0 Å². The number of hydrogen-bond donors (Lipinski definition) is 0. The summed E-state index contributed by atoms with van der Waals surface area (Å²) in [6, 6.07) is 5.96. The molecule has 2 rings (SSSR count). The molecule has 0 aliphatic heterocycles. The van der Waals surface area contributed by atoms with Crippen molar-refractivity contribution >= 4 is 17.2 Å². The molecule has 0 spiro atoms. The number of benzene rings is 1. The molecule has 0 atom stereocenters. The quantitative estimate of drug-likeness (QED) is 0.702. The molecular weight excluding hydrogens is 188 g/mol. The summed E-state index contributed by atoms with van der Waals surface area (Å²) in [4.78, 5) is 10.6. The van der Waals surface area contributed by atoms with Gasteiger partial charge in [-0.15, -0.1) is 0 Å². The third kappa shape index (κ3) is 1.54. The molecule has 0 fully saturated rings. The minimum absolute atomic E-state index is 0.345. The summed E-state index contributed by atoms with van der Waals surface area (Å²) < 4.78 is 1.99.